The fourth-order valence-corrected chi connectivity index (χ4v) is 2.30. The first kappa shape index (κ1) is 19.5. The van der Waals surface area contributed by atoms with E-state index in [4.69, 9.17) is 22.4 Å². The number of nitrogens with one attached hydrogen (secondary N) is 1. The summed E-state index contributed by atoms with van der Waals surface area (Å²) in [7, 11) is 0. The molecule has 0 spiro atoms. The fraction of sp³-hybridized carbons (Fsp3) is 0.211. The lowest BCUT2D eigenvalue weighted by atomic mass is 10.2. The van der Waals surface area contributed by atoms with Crippen molar-refractivity contribution in [2.24, 2.45) is 10.7 Å². The number of aliphatic imine (C=N–C) groups is 1. The summed E-state index contributed by atoms with van der Waals surface area (Å²) in [4.78, 5) is 19.1. The standard InChI is InChI=1S/C19H21ClN4O2/c1-13-10-15(6-7-16(13)20)24-18(23-9-3-5-19(25)26)11-17(21)14-4-2-8-22-12-14/h2,4,6-8,10-12H,3,5,9,21H2,1H3,(H,23,24)(H,25,26). The number of carboxylic acid groups (broad SMARTS) is 1. The molecule has 0 bridgehead atoms. The molecule has 2 aromatic rings. The van der Waals surface area contributed by atoms with Crippen molar-refractivity contribution >= 4 is 34.8 Å². The first-order chi connectivity index (χ1) is 12.5. The number of pyridine rings is 1. The van der Waals surface area contributed by atoms with Gasteiger partial charge in [0.05, 0.1) is 0 Å². The predicted octanol–water partition coefficient (Wildman–Crippen LogP) is 3.72. The molecule has 0 aliphatic rings. The normalized spacial score (nSPS) is 12.1. The molecule has 26 heavy (non-hydrogen) atoms. The molecule has 4 N–H and O–H groups in total. The van der Waals surface area contributed by atoms with Crippen LogP contribution >= 0.6 is 11.6 Å². The minimum atomic E-state index is -0.839. The van der Waals surface area contributed by atoms with Crippen LogP contribution in [0.3, 0.4) is 0 Å². The average Bonchev–Trinajstić information content (AvgIpc) is 2.62. The highest BCUT2D eigenvalue weighted by atomic mass is 35.5. The Hall–Kier alpha value is -2.86. The Kier molecular flexibility index (Phi) is 7.17. The number of hydrogen-bond donors (Lipinski definition) is 3. The number of aromatic nitrogens is 1. The number of nitrogens with two attached hydrogens (primary N) is 1. The summed E-state index contributed by atoms with van der Waals surface area (Å²) in [6, 6.07) is 9.21. The van der Waals surface area contributed by atoms with Crippen LogP contribution in [-0.4, -0.2) is 28.4 Å². The molecule has 0 saturated heterocycles. The summed E-state index contributed by atoms with van der Waals surface area (Å²) in [6.07, 6.45) is 5.56. The summed E-state index contributed by atoms with van der Waals surface area (Å²) in [5, 5.41) is 12.6. The molecule has 2 rings (SSSR count). The molecule has 0 atom stereocenters. The fourth-order valence-electron chi connectivity index (χ4n) is 2.19. The van der Waals surface area contributed by atoms with E-state index in [1.54, 1.807) is 30.6 Å². The van der Waals surface area contributed by atoms with Gasteiger partial charge in [-0.1, -0.05) is 11.6 Å². The van der Waals surface area contributed by atoms with E-state index in [0.717, 1.165) is 16.8 Å². The number of rotatable bonds is 7. The lowest BCUT2D eigenvalue weighted by molar-refractivity contribution is -0.137. The molecule has 0 radical (unpaired) electrons. The molecule has 0 amide bonds. The van der Waals surface area contributed by atoms with E-state index in [0.29, 0.717) is 29.5 Å². The lowest BCUT2D eigenvalue weighted by Crippen LogP contribution is -2.13. The number of benzene rings is 1. The zero-order valence-electron chi connectivity index (χ0n) is 14.4. The Labute approximate surface area is 157 Å². The number of carboxylic acids is 1. The van der Waals surface area contributed by atoms with Crippen LogP contribution in [0.1, 0.15) is 24.0 Å². The highest BCUT2D eigenvalue weighted by molar-refractivity contribution is 6.31. The highest BCUT2D eigenvalue weighted by Gasteiger charge is 2.04. The quantitative estimate of drug-likeness (QED) is 0.390. The van der Waals surface area contributed by atoms with Crippen molar-refractivity contribution in [1.29, 1.82) is 0 Å². The van der Waals surface area contributed by atoms with Crippen LogP contribution < -0.4 is 11.1 Å². The molecule has 1 aromatic carbocycles. The van der Waals surface area contributed by atoms with Crippen molar-refractivity contribution in [2.75, 3.05) is 11.9 Å². The number of aliphatic carboxylic acids is 1. The van der Waals surface area contributed by atoms with Gasteiger partial charge in [0.25, 0.3) is 0 Å². The van der Waals surface area contributed by atoms with Crippen LogP contribution in [0.25, 0.3) is 5.70 Å². The molecule has 6 nitrogen and oxygen atoms in total. The Bertz CT molecular complexity index is 820. The first-order valence-electron chi connectivity index (χ1n) is 8.12. The Morgan fingerprint density at radius 2 is 2.23 bits per heavy atom. The van der Waals surface area contributed by atoms with Gasteiger partial charge in [-0.05, 0) is 49.2 Å². The predicted molar refractivity (Wildman–Crippen MR) is 105 cm³/mol. The highest BCUT2D eigenvalue weighted by Crippen LogP contribution is 2.19. The van der Waals surface area contributed by atoms with Gasteiger partial charge in [0, 0.05) is 53.4 Å². The monoisotopic (exact) mass is 372 g/mol. The summed E-state index contributed by atoms with van der Waals surface area (Å²) in [5.74, 6) is -0.299. The van der Waals surface area contributed by atoms with Gasteiger partial charge in [-0.3, -0.25) is 14.8 Å². The van der Waals surface area contributed by atoms with Crippen LogP contribution in [0, 0.1) is 6.92 Å². The third kappa shape index (κ3) is 6.22. The van der Waals surface area contributed by atoms with E-state index in [1.807, 2.05) is 25.1 Å². The van der Waals surface area contributed by atoms with Gasteiger partial charge in [-0.15, -0.1) is 0 Å². The van der Waals surface area contributed by atoms with Gasteiger partial charge in [0.15, 0.2) is 0 Å². The molecular formula is C19H21ClN4O2. The molecular weight excluding hydrogens is 352 g/mol. The van der Waals surface area contributed by atoms with Crippen LogP contribution in [0.4, 0.5) is 5.69 Å². The van der Waals surface area contributed by atoms with Gasteiger partial charge in [0.2, 0.25) is 0 Å². The zero-order valence-corrected chi connectivity index (χ0v) is 15.2. The van der Waals surface area contributed by atoms with Crippen molar-refractivity contribution in [2.45, 2.75) is 19.8 Å². The third-order valence-electron chi connectivity index (χ3n) is 3.55. The van der Waals surface area contributed by atoms with Crippen molar-refractivity contribution < 1.29 is 9.90 Å². The summed E-state index contributed by atoms with van der Waals surface area (Å²) in [6.45, 7) is 2.29. The molecule has 1 aromatic heterocycles. The molecule has 0 aliphatic heterocycles. The van der Waals surface area contributed by atoms with Gasteiger partial charge in [-0.2, -0.15) is 0 Å². The van der Waals surface area contributed by atoms with Crippen molar-refractivity contribution in [3.05, 3.63) is 65.0 Å². The van der Waals surface area contributed by atoms with E-state index in [2.05, 4.69) is 15.3 Å². The maximum absolute atomic E-state index is 10.7. The number of aryl methyl sites for hydroxylation is 1. The van der Waals surface area contributed by atoms with E-state index in [9.17, 15) is 4.79 Å². The van der Waals surface area contributed by atoms with Crippen LogP contribution in [0.2, 0.25) is 5.02 Å². The lowest BCUT2D eigenvalue weighted by Gasteiger charge is -2.10. The third-order valence-corrected chi connectivity index (χ3v) is 3.97. The largest absolute Gasteiger partial charge is 0.481 e. The maximum atomic E-state index is 10.7. The second-order valence-electron chi connectivity index (χ2n) is 5.69. The Morgan fingerprint density at radius 3 is 2.88 bits per heavy atom. The van der Waals surface area contributed by atoms with E-state index >= 15 is 0 Å². The number of anilines is 1. The minimum absolute atomic E-state index is 0.0681. The zero-order chi connectivity index (χ0) is 18.9. The number of carbonyl (C=O) groups is 1. The second-order valence-corrected chi connectivity index (χ2v) is 6.10. The number of nitrogens with zero attached hydrogens (tertiary/aromatic N) is 2. The summed E-state index contributed by atoms with van der Waals surface area (Å²) in [5.41, 5.74) is 9.18. The topological polar surface area (TPSA) is 101 Å². The first-order valence-corrected chi connectivity index (χ1v) is 8.50. The second kappa shape index (κ2) is 9.58. The van der Waals surface area contributed by atoms with Crippen LogP contribution in [0.15, 0.2) is 53.8 Å². The minimum Gasteiger partial charge on any atom is -0.481 e. The summed E-state index contributed by atoms with van der Waals surface area (Å²) >= 11 is 6.06. The Morgan fingerprint density at radius 1 is 1.42 bits per heavy atom. The maximum Gasteiger partial charge on any atom is 0.303 e. The average molecular weight is 373 g/mol. The van der Waals surface area contributed by atoms with Gasteiger partial charge in [0.1, 0.15) is 5.84 Å². The molecule has 0 unspecified atom stereocenters. The van der Waals surface area contributed by atoms with Gasteiger partial charge >= 0.3 is 5.97 Å². The molecule has 0 aliphatic carbocycles. The van der Waals surface area contributed by atoms with E-state index in [-0.39, 0.29) is 6.42 Å². The van der Waals surface area contributed by atoms with Crippen molar-refractivity contribution in [3.8, 4) is 0 Å². The number of hydrogen-bond acceptors (Lipinski definition) is 4. The van der Waals surface area contributed by atoms with Crippen LogP contribution in [0.5, 0.6) is 0 Å². The SMILES string of the molecule is Cc1cc(NC(C=C(N)c2cccnc2)=NCCCC(=O)O)ccc1Cl. The molecule has 7 heteroatoms. The molecule has 1 heterocycles. The molecule has 0 saturated carbocycles. The number of amidine groups is 1. The smallest absolute Gasteiger partial charge is 0.303 e. The summed E-state index contributed by atoms with van der Waals surface area (Å²) < 4.78 is 0. The van der Waals surface area contributed by atoms with Crippen LogP contribution in [-0.2, 0) is 4.79 Å². The van der Waals surface area contributed by atoms with E-state index in [1.165, 1.54) is 0 Å². The van der Waals surface area contributed by atoms with Crippen molar-refractivity contribution in [3.63, 3.8) is 0 Å². The Balaban J connectivity index is 2.21. The van der Waals surface area contributed by atoms with Gasteiger partial charge in [-0.25, -0.2) is 0 Å². The van der Waals surface area contributed by atoms with Gasteiger partial charge < -0.3 is 16.2 Å². The molecule has 0 fully saturated rings. The van der Waals surface area contributed by atoms with Crippen molar-refractivity contribution in [1.82, 2.24) is 4.98 Å². The molecule has 136 valence electrons. The van der Waals surface area contributed by atoms with E-state index < -0.39 is 5.97 Å². The number of halogens is 1.